The van der Waals surface area contributed by atoms with Crippen molar-refractivity contribution in [3.05, 3.63) is 39.0 Å². The molecule has 0 spiro atoms. The van der Waals surface area contributed by atoms with E-state index in [1.165, 1.54) is 4.90 Å². The molecule has 3 amide bonds. The number of carbonyl (C=O) groups is 4. The first-order chi connectivity index (χ1) is 24.8. The summed E-state index contributed by atoms with van der Waals surface area (Å²) in [7, 11) is -0.669. The van der Waals surface area contributed by atoms with Gasteiger partial charge in [-0.2, -0.15) is 0 Å². The summed E-state index contributed by atoms with van der Waals surface area (Å²) in [6, 6.07) is 2.82. The molecule has 2 rings (SSSR count). The van der Waals surface area contributed by atoms with E-state index in [2.05, 4.69) is 80.8 Å². The van der Waals surface area contributed by atoms with Gasteiger partial charge in [0.05, 0.1) is 21.4 Å². The van der Waals surface area contributed by atoms with Crippen molar-refractivity contribution in [1.29, 1.82) is 0 Å². The minimum absolute atomic E-state index is 0.0660. The molecular weight excluding hydrogens is 813 g/mol. The van der Waals surface area contributed by atoms with Crippen LogP contribution in [0.4, 0.5) is 0 Å². The summed E-state index contributed by atoms with van der Waals surface area (Å²) in [5.74, 6) is -1.30. The highest BCUT2D eigenvalue weighted by Gasteiger charge is 2.47. The van der Waals surface area contributed by atoms with Crippen molar-refractivity contribution in [2.45, 2.75) is 176 Å². The van der Waals surface area contributed by atoms with Gasteiger partial charge in [0.2, 0.25) is 17.7 Å². The van der Waals surface area contributed by atoms with Gasteiger partial charge >= 0.3 is 5.97 Å². The normalized spacial score (nSPS) is 25.5. The average Bonchev–Trinajstić information content (AvgIpc) is 3.02. The zero-order chi connectivity index (χ0) is 41.5. The molecule has 10 nitrogen and oxygen atoms in total. The summed E-state index contributed by atoms with van der Waals surface area (Å²) in [5.41, 5.74) is 2.42. The van der Waals surface area contributed by atoms with E-state index in [4.69, 9.17) is 13.9 Å². The highest BCUT2D eigenvalue weighted by molar-refractivity contribution is 14.1. The number of cyclic esters (lactones) is 1. The van der Waals surface area contributed by atoms with Gasteiger partial charge in [-0.3, -0.25) is 14.4 Å². The van der Waals surface area contributed by atoms with E-state index >= 15 is 0 Å². The number of halogens is 1. The molecule has 0 fully saturated rings. The lowest BCUT2D eigenvalue weighted by atomic mass is 9.95. The average molecular weight is 884 g/mol. The molecule has 0 unspecified atom stereocenters. The number of allylic oxidation sites excluding steroid dienone is 2. The van der Waals surface area contributed by atoms with Gasteiger partial charge in [0.25, 0.3) is 8.32 Å². The zero-order valence-corrected chi connectivity index (χ0v) is 39.0. The second-order valence-corrected chi connectivity index (χ2v) is 24.1. The second-order valence-electron chi connectivity index (χ2n) is 17.6. The number of nitrogens with one attached hydrogen (secondary N) is 2. The summed E-state index contributed by atoms with van der Waals surface area (Å²) in [5, 5.41) is 5.81. The fourth-order valence-corrected chi connectivity index (χ4v) is 14.3. The van der Waals surface area contributed by atoms with E-state index in [-0.39, 0.29) is 24.2 Å². The quantitative estimate of drug-likeness (QED) is 0.111. The number of ether oxygens (including phenoxy) is 2. The SMILES string of the molecule is CC1=C[C@H](C)C[C@H](C)OC(=O)[C@H]([C@@H](C)OC(C)(C)C)NC(=O)[C@@H](Cc2ccc(O[Si](C(C)C)(C(C)C)C(C)C)c(I)c2)N(C)C(=O)[C@H](C)NC(=O)[C@@H](C)C1. The highest BCUT2D eigenvalue weighted by atomic mass is 127. The molecule has 0 aromatic heterocycles. The minimum Gasteiger partial charge on any atom is -0.542 e. The molecule has 2 N–H and O–H groups in total. The van der Waals surface area contributed by atoms with Gasteiger partial charge in [-0.1, -0.05) is 73.1 Å². The molecule has 1 aromatic rings. The van der Waals surface area contributed by atoms with E-state index in [1.54, 1.807) is 20.9 Å². The molecule has 1 aliphatic rings. The third-order valence-electron chi connectivity index (χ3n) is 10.5. The Bertz CT molecular complexity index is 1470. The molecule has 0 saturated heterocycles. The summed E-state index contributed by atoms with van der Waals surface area (Å²) in [6.07, 6.45) is 2.12. The van der Waals surface area contributed by atoms with Crippen LogP contribution in [0, 0.1) is 15.4 Å². The molecule has 7 atom stereocenters. The highest BCUT2D eigenvalue weighted by Crippen LogP contribution is 2.43. The summed E-state index contributed by atoms with van der Waals surface area (Å²) in [4.78, 5) is 57.0. The minimum atomic E-state index is -2.23. The van der Waals surface area contributed by atoms with E-state index in [0.29, 0.717) is 29.5 Å². The number of benzene rings is 1. The predicted octanol–water partition coefficient (Wildman–Crippen LogP) is 8.35. The number of carbonyl (C=O) groups excluding carboxylic acids is 4. The molecule has 1 aliphatic heterocycles. The van der Waals surface area contributed by atoms with Crippen LogP contribution in [-0.2, 0) is 35.1 Å². The smallest absolute Gasteiger partial charge is 0.331 e. The molecule has 12 heteroatoms. The van der Waals surface area contributed by atoms with Gasteiger partial charge in [0, 0.05) is 19.4 Å². The number of nitrogens with zero attached hydrogens (tertiary/aromatic N) is 1. The zero-order valence-electron chi connectivity index (χ0n) is 35.9. The van der Waals surface area contributed by atoms with Crippen molar-refractivity contribution in [2.24, 2.45) is 11.8 Å². The van der Waals surface area contributed by atoms with Crippen molar-refractivity contribution in [3.63, 3.8) is 0 Å². The van der Waals surface area contributed by atoms with E-state index in [9.17, 15) is 19.2 Å². The lowest BCUT2D eigenvalue weighted by Gasteiger charge is -2.42. The Balaban J connectivity index is 2.65. The summed E-state index contributed by atoms with van der Waals surface area (Å²) in [6.45, 7) is 30.2. The number of esters is 1. The Morgan fingerprint density at radius 2 is 1.50 bits per heavy atom. The molecule has 1 heterocycles. The molecule has 0 radical (unpaired) electrons. The Morgan fingerprint density at radius 1 is 0.926 bits per heavy atom. The Hall–Kier alpha value is -2.45. The predicted molar refractivity (Wildman–Crippen MR) is 228 cm³/mol. The lowest BCUT2D eigenvalue weighted by Crippen LogP contribution is -2.59. The fourth-order valence-electron chi connectivity index (χ4n) is 8.09. The van der Waals surface area contributed by atoms with Gasteiger partial charge in [-0.15, -0.1) is 0 Å². The van der Waals surface area contributed by atoms with Crippen LogP contribution in [0.15, 0.2) is 29.8 Å². The maximum absolute atomic E-state index is 14.5. The molecule has 1 aromatic carbocycles. The van der Waals surface area contributed by atoms with Crippen LogP contribution in [0.2, 0.25) is 16.6 Å². The van der Waals surface area contributed by atoms with Crippen molar-refractivity contribution in [1.82, 2.24) is 15.5 Å². The maximum Gasteiger partial charge on any atom is 0.331 e. The maximum atomic E-state index is 14.5. The summed E-state index contributed by atoms with van der Waals surface area (Å²) >= 11 is 2.29. The van der Waals surface area contributed by atoms with Gasteiger partial charge in [-0.05, 0) is 124 Å². The van der Waals surface area contributed by atoms with E-state index in [1.807, 2.05) is 66.7 Å². The van der Waals surface area contributed by atoms with Crippen LogP contribution < -0.4 is 15.1 Å². The van der Waals surface area contributed by atoms with Crippen LogP contribution in [0.3, 0.4) is 0 Å². The Morgan fingerprint density at radius 3 is 2.02 bits per heavy atom. The van der Waals surface area contributed by atoms with Crippen LogP contribution in [0.1, 0.15) is 122 Å². The largest absolute Gasteiger partial charge is 0.542 e. The topological polar surface area (TPSA) is 123 Å². The van der Waals surface area contributed by atoms with E-state index < -0.39 is 62.0 Å². The Labute approximate surface area is 340 Å². The van der Waals surface area contributed by atoms with Gasteiger partial charge < -0.3 is 29.4 Å². The van der Waals surface area contributed by atoms with Gasteiger partial charge in [0.15, 0.2) is 6.04 Å². The van der Waals surface area contributed by atoms with Crippen molar-refractivity contribution in [3.8, 4) is 5.75 Å². The van der Waals surface area contributed by atoms with Crippen molar-refractivity contribution in [2.75, 3.05) is 7.05 Å². The summed E-state index contributed by atoms with van der Waals surface area (Å²) < 4.78 is 20.1. The molecule has 0 bridgehead atoms. The standard InChI is InChI=1S/C42H70IN3O7Si/c1-24(2)54(25(3)4,26(5)6)53-36-18-17-33(22-34(36)43)23-35-39(48)45-37(32(12)52-42(13,14)15)41(50)51-30(10)21-28(8)19-27(7)20-29(9)38(47)44-31(11)40(49)46(35)16/h17-19,22,24-26,28-32,35,37H,20-21,23H2,1-16H3,(H,44,47)(H,45,48)/t28-,29-,30-,31-,32+,35+,37-/m0/s1. The first kappa shape index (κ1) is 47.7. The Kier molecular flexibility index (Phi) is 17.8. The van der Waals surface area contributed by atoms with Gasteiger partial charge in [-0.25, -0.2) is 4.79 Å². The first-order valence-corrected chi connectivity index (χ1v) is 22.9. The number of likely N-dealkylation sites (N-methyl/N-ethyl adjacent to an activating group) is 1. The lowest BCUT2D eigenvalue weighted by molar-refractivity contribution is -0.161. The van der Waals surface area contributed by atoms with E-state index in [0.717, 1.165) is 20.5 Å². The van der Waals surface area contributed by atoms with Crippen LogP contribution >= 0.6 is 22.6 Å². The molecule has 0 saturated carbocycles. The number of rotatable bonds is 9. The molecule has 0 aliphatic carbocycles. The van der Waals surface area contributed by atoms with Crippen LogP contribution in [0.5, 0.6) is 5.75 Å². The fraction of sp³-hybridized carbons (Fsp3) is 0.714. The molecule has 306 valence electrons. The van der Waals surface area contributed by atoms with Crippen LogP contribution in [0.25, 0.3) is 0 Å². The third-order valence-corrected chi connectivity index (χ3v) is 17.3. The van der Waals surface area contributed by atoms with Crippen LogP contribution in [-0.4, -0.2) is 79.9 Å². The number of hydrogen-bond acceptors (Lipinski definition) is 7. The second kappa shape index (κ2) is 20.1. The van der Waals surface area contributed by atoms with Gasteiger partial charge in [0.1, 0.15) is 17.8 Å². The third kappa shape index (κ3) is 13.1. The molecular formula is C42H70IN3O7Si. The number of amides is 3. The van der Waals surface area contributed by atoms with Crippen molar-refractivity contribution < 1.29 is 33.1 Å². The monoisotopic (exact) mass is 883 g/mol. The van der Waals surface area contributed by atoms with Crippen molar-refractivity contribution >= 4 is 54.6 Å². The first-order valence-electron chi connectivity index (χ1n) is 19.7. The number of hydrogen-bond donors (Lipinski definition) is 2. The molecule has 54 heavy (non-hydrogen) atoms.